The highest BCUT2D eigenvalue weighted by Gasteiger charge is 2.22. The van der Waals surface area contributed by atoms with E-state index in [1.165, 1.54) is 0 Å². The van der Waals surface area contributed by atoms with E-state index in [1.807, 2.05) is 58.9 Å². The van der Waals surface area contributed by atoms with Crippen LogP contribution < -0.4 is 4.72 Å². The first-order chi connectivity index (χ1) is 10.1. The molecule has 22 heavy (non-hydrogen) atoms. The highest BCUT2D eigenvalue weighted by Crippen LogP contribution is 2.17. The molecule has 0 amide bonds. The van der Waals surface area contributed by atoms with E-state index in [2.05, 4.69) is 32.2 Å². The van der Waals surface area contributed by atoms with Crippen molar-refractivity contribution in [1.29, 1.82) is 0 Å². The van der Waals surface area contributed by atoms with Crippen molar-refractivity contribution in [3.8, 4) is 0 Å². The van der Waals surface area contributed by atoms with E-state index in [9.17, 15) is 4.21 Å². The Bertz CT molecular complexity index is 576. The van der Waals surface area contributed by atoms with Crippen LogP contribution in [0.5, 0.6) is 0 Å². The van der Waals surface area contributed by atoms with Crippen LogP contribution in [0.1, 0.15) is 34.6 Å². The van der Waals surface area contributed by atoms with E-state index in [1.54, 1.807) is 0 Å². The second-order valence-corrected chi connectivity index (χ2v) is 9.52. The number of halogens is 1. The minimum Gasteiger partial charge on any atom is -0.283 e. The first-order valence-corrected chi connectivity index (χ1v) is 9.18. The zero-order valence-electron chi connectivity index (χ0n) is 13.9. The lowest BCUT2D eigenvalue weighted by molar-refractivity contribution is 0.631. The van der Waals surface area contributed by atoms with Crippen LogP contribution in [0.2, 0.25) is 0 Å². The van der Waals surface area contributed by atoms with Crippen LogP contribution in [0, 0.1) is 0 Å². The lowest BCUT2D eigenvalue weighted by atomic mass is 10.1. The van der Waals surface area contributed by atoms with Crippen LogP contribution in [0.15, 0.2) is 51.5 Å². The van der Waals surface area contributed by atoms with Crippen LogP contribution in [0.4, 0.5) is 0 Å². The highest BCUT2D eigenvalue weighted by molar-refractivity contribution is 9.11. The molecular formula is C17H25BrN2OS. The predicted octanol–water partition coefficient (Wildman–Crippen LogP) is 4.22. The molecule has 1 unspecified atom stereocenters. The topological polar surface area (TPSA) is 41.5 Å². The van der Waals surface area contributed by atoms with E-state index < -0.39 is 11.0 Å². The van der Waals surface area contributed by atoms with Crippen molar-refractivity contribution in [2.75, 3.05) is 6.54 Å². The number of nitrogens with one attached hydrogen (secondary N) is 1. The monoisotopic (exact) mass is 384 g/mol. The summed E-state index contributed by atoms with van der Waals surface area (Å²) in [5, 5.41) is 0. The molecule has 0 bridgehead atoms. The molecule has 3 nitrogen and oxygen atoms in total. The second-order valence-electron chi connectivity index (χ2n) is 6.27. The summed E-state index contributed by atoms with van der Waals surface area (Å²) in [6.45, 7) is 14.4. The van der Waals surface area contributed by atoms with Gasteiger partial charge in [-0.3, -0.25) is 4.99 Å². The number of rotatable bonds is 4. The van der Waals surface area contributed by atoms with E-state index in [0.29, 0.717) is 6.54 Å². The Balaban J connectivity index is 2.88. The molecule has 0 aliphatic carbocycles. The van der Waals surface area contributed by atoms with Gasteiger partial charge in [0.05, 0.1) is 34.0 Å². The number of hydrogen-bond acceptors (Lipinski definition) is 2. The van der Waals surface area contributed by atoms with Gasteiger partial charge in [-0.25, -0.2) is 8.93 Å². The smallest absolute Gasteiger partial charge is 0.0976 e. The largest absolute Gasteiger partial charge is 0.283 e. The molecule has 0 saturated carbocycles. The second kappa shape index (κ2) is 8.18. The van der Waals surface area contributed by atoms with Crippen LogP contribution >= 0.6 is 15.9 Å². The Morgan fingerprint density at radius 2 is 2.14 bits per heavy atom. The first kappa shape index (κ1) is 19.3. The van der Waals surface area contributed by atoms with Gasteiger partial charge in [-0.05, 0) is 56.3 Å². The first-order valence-electron chi connectivity index (χ1n) is 7.24. The van der Waals surface area contributed by atoms with Crippen molar-refractivity contribution in [3.05, 3.63) is 46.5 Å². The molecule has 0 saturated heterocycles. The molecular weight excluding hydrogens is 360 g/mol. The van der Waals surface area contributed by atoms with Crippen LogP contribution in [0.3, 0.4) is 0 Å². The molecule has 0 aromatic heterocycles. The van der Waals surface area contributed by atoms with Gasteiger partial charge in [0.15, 0.2) is 0 Å². The Labute approximate surface area is 145 Å². The Kier molecular flexibility index (Phi) is 7.16. The minimum atomic E-state index is -1.12. The Morgan fingerprint density at radius 1 is 1.50 bits per heavy atom. The van der Waals surface area contributed by atoms with E-state index in [0.717, 1.165) is 21.3 Å². The van der Waals surface area contributed by atoms with Gasteiger partial charge >= 0.3 is 0 Å². The SMILES string of the molecule is C=C1CN=C(C(C)N[S@@](=O)C(C)(C)C)C=C/C1=C/C=C(\C)Br. The van der Waals surface area contributed by atoms with E-state index >= 15 is 0 Å². The lowest BCUT2D eigenvalue weighted by Gasteiger charge is -2.22. The fraction of sp³-hybridized carbons (Fsp3) is 0.471. The number of aliphatic imine (C=N–C) groups is 1. The molecule has 0 radical (unpaired) electrons. The summed E-state index contributed by atoms with van der Waals surface area (Å²) in [5.74, 6) is 0. The fourth-order valence-corrected chi connectivity index (χ4v) is 2.61. The lowest BCUT2D eigenvalue weighted by Crippen LogP contribution is -2.41. The van der Waals surface area contributed by atoms with Gasteiger partial charge in [-0.15, -0.1) is 0 Å². The standard InChI is InChI=1S/C17H25BrN2OS/c1-12-11-19-16(10-9-15(12)8-7-13(2)18)14(3)20-22(21)17(4,5)6/h7-10,14,20H,1,11H2,2-6H3/b13-7+,15-8-/t14?,22-/m0/s1. The van der Waals surface area contributed by atoms with Crippen LogP contribution in [-0.2, 0) is 11.0 Å². The summed E-state index contributed by atoms with van der Waals surface area (Å²) in [5.41, 5.74) is 2.92. The van der Waals surface area contributed by atoms with E-state index in [4.69, 9.17) is 0 Å². The third kappa shape index (κ3) is 6.15. The normalized spacial score (nSPS) is 21.5. The third-order valence-corrected chi connectivity index (χ3v) is 5.01. The van der Waals surface area contributed by atoms with E-state index in [-0.39, 0.29) is 10.8 Å². The highest BCUT2D eigenvalue weighted by atomic mass is 79.9. The molecule has 0 spiro atoms. The van der Waals surface area contributed by atoms with Crippen molar-refractivity contribution in [1.82, 2.24) is 4.72 Å². The average molecular weight is 385 g/mol. The van der Waals surface area contributed by atoms with Crippen LogP contribution in [0.25, 0.3) is 0 Å². The maximum Gasteiger partial charge on any atom is 0.0976 e. The quantitative estimate of drug-likeness (QED) is 0.774. The number of allylic oxidation sites excluding steroid dienone is 4. The summed E-state index contributed by atoms with van der Waals surface area (Å²) in [4.78, 5) is 4.58. The van der Waals surface area contributed by atoms with Gasteiger partial charge in [0.1, 0.15) is 0 Å². The maximum absolute atomic E-state index is 12.2. The van der Waals surface area contributed by atoms with Gasteiger partial charge < -0.3 is 0 Å². The molecule has 0 aromatic carbocycles. The van der Waals surface area contributed by atoms with Gasteiger partial charge in [0.25, 0.3) is 0 Å². The zero-order valence-corrected chi connectivity index (χ0v) is 16.3. The van der Waals surface area contributed by atoms with Crippen molar-refractivity contribution < 1.29 is 4.21 Å². The summed E-state index contributed by atoms with van der Waals surface area (Å²) < 4.78 is 16.1. The van der Waals surface area contributed by atoms with Gasteiger partial charge in [0, 0.05) is 0 Å². The molecule has 5 heteroatoms. The van der Waals surface area contributed by atoms with Gasteiger partial charge in [0.2, 0.25) is 0 Å². The Morgan fingerprint density at radius 3 is 2.68 bits per heavy atom. The summed E-state index contributed by atoms with van der Waals surface area (Å²) in [6, 6.07) is -0.0723. The average Bonchev–Trinajstić information content (AvgIpc) is 2.57. The van der Waals surface area contributed by atoms with Crippen molar-refractivity contribution in [2.45, 2.75) is 45.4 Å². The number of hydrogen-bond donors (Lipinski definition) is 1. The molecule has 1 aliphatic heterocycles. The zero-order chi connectivity index (χ0) is 16.9. The maximum atomic E-state index is 12.2. The summed E-state index contributed by atoms with van der Waals surface area (Å²) >= 11 is 3.41. The molecule has 0 fully saturated rings. The van der Waals surface area contributed by atoms with Crippen molar-refractivity contribution >= 4 is 32.6 Å². The molecule has 1 heterocycles. The molecule has 1 N–H and O–H groups in total. The van der Waals surface area contributed by atoms with Crippen LogP contribution in [-0.4, -0.2) is 27.3 Å². The minimum absolute atomic E-state index is 0.0723. The van der Waals surface area contributed by atoms with Gasteiger partial charge in [-0.2, -0.15) is 0 Å². The van der Waals surface area contributed by atoms with Crippen molar-refractivity contribution in [2.24, 2.45) is 4.99 Å². The fourth-order valence-electron chi connectivity index (χ4n) is 1.68. The number of nitrogens with zero attached hydrogens (tertiary/aromatic N) is 1. The summed E-state index contributed by atoms with van der Waals surface area (Å²) in [7, 11) is -1.12. The third-order valence-electron chi connectivity index (χ3n) is 3.07. The molecule has 0 aromatic rings. The summed E-state index contributed by atoms with van der Waals surface area (Å²) in [6.07, 6.45) is 8.00. The molecule has 2 atom stereocenters. The van der Waals surface area contributed by atoms with Crippen molar-refractivity contribution in [3.63, 3.8) is 0 Å². The van der Waals surface area contributed by atoms with Gasteiger partial charge in [-0.1, -0.05) is 40.7 Å². The molecule has 1 rings (SSSR count). The Hall–Kier alpha value is -0.780. The molecule has 1 aliphatic rings. The predicted molar refractivity (Wildman–Crippen MR) is 102 cm³/mol. The molecule has 122 valence electrons.